The number of H-pyrrole nitrogens is 2. The molecule has 0 saturated carbocycles. The van der Waals surface area contributed by atoms with Gasteiger partial charge in [-0.15, -0.1) is 0 Å². The molecule has 5 nitrogen and oxygen atoms in total. The van der Waals surface area contributed by atoms with E-state index in [4.69, 9.17) is 4.98 Å². The van der Waals surface area contributed by atoms with Gasteiger partial charge >= 0.3 is 5.69 Å². The number of hydrogen-bond acceptors (Lipinski definition) is 4. The van der Waals surface area contributed by atoms with Crippen molar-refractivity contribution in [3.8, 4) is 0 Å². The molecule has 2 heterocycles. The highest BCUT2D eigenvalue weighted by Gasteiger charge is 2.11. The number of aromatic nitrogens is 3. The molecule has 0 atom stereocenters. The summed E-state index contributed by atoms with van der Waals surface area (Å²) in [5.74, 6) is 0.299. The van der Waals surface area contributed by atoms with E-state index in [0.717, 1.165) is 27.1 Å². The van der Waals surface area contributed by atoms with Gasteiger partial charge in [-0.05, 0) is 49.2 Å². The van der Waals surface area contributed by atoms with E-state index in [2.05, 4.69) is 23.0 Å². The van der Waals surface area contributed by atoms with Gasteiger partial charge in [-0.1, -0.05) is 30.0 Å². The maximum Gasteiger partial charge on any atom is 0.323 e. The molecule has 0 aliphatic heterocycles. The summed E-state index contributed by atoms with van der Waals surface area (Å²) in [5.41, 5.74) is 4.90. The van der Waals surface area contributed by atoms with Gasteiger partial charge in [-0.25, -0.2) is 9.78 Å². The van der Waals surface area contributed by atoms with Crippen LogP contribution in [0, 0.1) is 13.8 Å². The van der Waals surface area contributed by atoms with E-state index >= 15 is 0 Å². The molecular formula is C20H17N3O2S. The minimum absolute atomic E-state index is 0.00304. The number of nitrogens with zero attached hydrogens (tertiary/aromatic N) is 1. The lowest BCUT2D eigenvalue weighted by Gasteiger charge is -2.08. The molecule has 4 aromatic rings. The SMILES string of the molecule is Cc1cc(SCC(=O)c2ccc3[nH]c(=O)[nH]c3c2)nc2c(C)cccc12. The van der Waals surface area contributed by atoms with Crippen LogP contribution in [0.3, 0.4) is 0 Å². The van der Waals surface area contributed by atoms with Gasteiger partial charge in [0, 0.05) is 10.9 Å². The van der Waals surface area contributed by atoms with E-state index in [1.807, 2.05) is 25.1 Å². The molecular weight excluding hydrogens is 346 g/mol. The van der Waals surface area contributed by atoms with E-state index in [9.17, 15) is 9.59 Å². The molecule has 0 bridgehead atoms. The number of thioether (sulfide) groups is 1. The Balaban J connectivity index is 1.57. The molecule has 4 rings (SSSR count). The monoisotopic (exact) mass is 363 g/mol. The number of ketones is 1. The molecule has 0 spiro atoms. The number of para-hydroxylation sites is 1. The van der Waals surface area contributed by atoms with Crippen LogP contribution in [0.1, 0.15) is 21.5 Å². The molecule has 130 valence electrons. The first-order chi connectivity index (χ1) is 12.5. The summed E-state index contributed by atoms with van der Waals surface area (Å²) in [5, 5.41) is 1.98. The van der Waals surface area contributed by atoms with Crippen molar-refractivity contribution < 1.29 is 4.79 Å². The second-order valence-corrected chi connectivity index (χ2v) is 7.30. The van der Waals surface area contributed by atoms with Crippen molar-refractivity contribution in [3.63, 3.8) is 0 Å². The van der Waals surface area contributed by atoms with Gasteiger partial charge in [0.05, 0.1) is 27.3 Å². The Kier molecular flexibility index (Phi) is 4.12. The summed E-state index contributed by atoms with van der Waals surface area (Å²) in [4.78, 5) is 33.9. The molecule has 0 amide bonds. The van der Waals surface area contributed by atoms with Crippen LogP contribution in [0.5, 0.6) is 0 Å². The number of carbonyl (C=O) groups is 1. The number of carbonyl (C=O) groups excluding carboxylic acids is 1. The van der Waals surface area contributed by atoms with Crippen LogP contribution in [0.2, 0.25) is 0 Å². The third-order valence-corrected chi connectivity index (χ3v) is 5.33. The Hall–Kier alpha value is -2.86. The molecule has 6 heteroatoms. The van der Waals surface area contributed by atoms with Crippen molar-refractivity contribution in [3.05, 3.63) is 69.6 Å². The van der Waals surface area contributed by atoms with Crippen LogP contribution in [-0.4, -0.2) is 26.5 Å². The number of rotatable bonds is 4. The van der Waals surface area contributed by atoms with E-state index in [0.29, 0.717) is 22.3 Å². The Morgan fingerprint density at radius 3 is 2.69 bits per heavy atom. The van der Waals surface area contributed by atoms with Gasteiger partial charge in [0.2, 0.25) is 0 Å². The van der Waals surface area contributed by atoms with E-state index < -0.39 is 0 Å². The molecule has 0 radical (unpaired) electrons. The quantitative estimate of drug-likeness (QED) is 0.424. The fourth-order valence-corrected chi connectivity index (χ4v) is 3.90. The second-order valence-electron chi connectivity index (χ2n) is 6.30. The minimum Gasteiger partial charge on any atom is -0.306 e. The molecule has 2 N–H and O–H groups in total. The van der Waals surface area contributed by atoms with Gasteiger partial charge in [-0.3, -0.25) is 4.79 Å². The Labute approximate surface area is 153 Å². The van der Waals surface area contributed by atoms with Gasteiger partial charge in [-0.2, -0.15) is 0 Å². The predicted octanol–water partition coefficient (Wildman–Crippen LogP) is 4.00. The summed E-state index contributed by atoms with van der Waals surface area (Å²) in [6.07, 6.45) is 0. The number of imidazole rings is 1. The molecule has 0 unspecified atom stereocenters. The molecule has 0 aliphatic carbocycles. The van der Waals surface area contributed by atoms with Gasteiger partial charge in [0.15, 0.2) is 5.78 Å². The van der Waals surface area contributed by atoms with Crippen LogP contribution in [0.25, 0.3) is 21.9 Å². The third kappa shape index (κ3) is 3.04. The van der Waals surface area contributed by atoms with Crippen LogP contribution < -0.4 is 5.69 Å². The number of aryl methyl sites for hydroxylation is 2. The molecule has 0 saturated heterocycles. The van der Waals surface area contributed by atoms with E-state index in [1.54, 1.807) is 18.2 Å². The van der Waals surface area contributed by atoms with Crippen molar-refractivity contribution in [1.29, 1.82) is 0 Å². The van der Waals surface area contributed by atoms with Crippen LogP contribution in [0.15, 0.2) is 52.3 Å². The molecule has 0 aliphatic rings. The first-order valence-electron chi connectivity index (χ1n) is 8.26. The number of nitrogens with one attached hydrogen (secondary N) is 2. The first-order valence-corrected chi connectivity index (χ1v) is 9.25. The van der Waals surface area contributed by atoms with Gasteiger partial charge in [0.25, 0.3) is 0 Å². The fraction of sp³-hybridized carbons (Fsp3) is 0.150. The number of benzene rings is 2. The molecule has 2 aromatic carbocycles. The topological polar surface area (TPSA) is 78.6 Å². The summed E-state index contributed by atoms with van der Waals surface area (Å²) < 4.78 is 0. The lowest BCUT2D eigenvalue weighted by Crippen LogP contribution is -2.03. The number of aromatic amines is 2. The van der Waals surface area contributed by atoms with Crippen LogP contribution >= 0.6 is 11.8 Å². The lowest BCUT2D eigenvalue weighted by atomic mass is 10.1. The summed E-state index contributed by atoms with van der Waals surface area (Å²) in [6.45, 7) is 4.10. The zero-order valence-electron chi connectivity index (χ0n) is 14.4. The fourth-order valence-electron chi connectivity index (χ4n) is 3.03. The summed E-state index contributed by atoms with van der Waals surface area (Å²) >= 11 is 1.43. The van der Waals surface area contributed by atoms with Gasteiger partial charge in [0.1, 0.15) is 0 Å². The highest BCUT2D eigenvalue weighted by atomic mass is 32.2. The zero-order valence-corrected chi connectivity index (χ0v) is 15.2. The second kappa shape index (κ2) is 6.46. The number of fused-ring (bicyclic) bond motifs is 2. The van der Waals surface area contributed by atoms with Crippen molar-refractivity contribution in [1.82, 2.24) is 15.0 Å². The molecule has 0 fully saturated rings. The molecule has 26 heavy (non-hydrogen) atoms. The number of hydrogen-bond donors (Lipinski definition) is 2. The summed E-state index contributed by atoms with van der Waals surface area (Å²) in [7, 11) is 0. The maximum atomic E-state index is 12.5. The largest absolute Gasteiger partial charge is 0.323 e. The van der Waals surface area contributed by atoms with Crippen molar-refractivity contribution in [2.45, 2.75) is 18.9 Å². The van der Waals surface area contributed by atoms with Crippen molar-refractivity contribution in [2.24, 2.45) is 0 Å². The normalized spacial score (nSPS) is 11.3. The van der Waals surface area contributed by atoms with Crippen molar-refractivity contribution >= 4 is 39.5 Å². The van der Waals surface area contributed by atoms with Crippen LogP contribution in [0.4, 0.5) is 0 Å². The summed E-state index contributed by atoms with van der Waals surface area (Å²) in [6, 6.07) is 13.3. The Bertz CT molecular complexity index is 1210. The third-order valence-electron chi connectivity index (χ3n) is 4.41. The van der Waals surface area contributed by atoms with Crippen LogP contribution in [-0.2, 0) is 0 Å². The lowest BCUT2D eigenvalue weighted by molar-refractivity contribution is 0.102. The number of Topliss-reactive ketones (excluding diaryl/α,β-unsaturated/α-hetero) is 1. The first kappa shape index (κ1) is 16.6. The van der Waals surface area contributed by atoms with Gasteiger partial charge < -0.3 is 9.97 Å². The maximum absolute atomic E-state index is 12.5. The predicted molar refractivity (Wildman–Crippen MR) is 105 cm³/mol. The van der Waals surface area contributed by atoms with E-state index in [1.165, 1.54) is 11.8 Å². The zero-order chi connectivity index (χ0) is 18.3. The highest BCUT2D eigenvalue weighted by molar-refractivity contribution is 7.99. The smallest absolute Gasteiger partial charge is 0.306 e. The molecule has 2 aromatic heterocycles. The van der Waals surface area contributed by atoms with E-state index in [-0.39, 0.29) is 11.5 Å². The Morgan fingerprint density at radius 1 is 1.04 bits per heavy atom. The number of pyridine rings is 1. The average molecular weight is 363 g/mol. The van der Waals surface area contributed by atoms with Crippen molar-refractivity contribution in [2.75, 3.05) is 5.75 Å². The highest BCUT2D eigenvalue weighted by Crippen LogP contribution is 2.26. The standard InChI is InChI=1S/C20H17N3O2S/c1-11-4-3-5-14-12(2)8-18(23-19(11)14)26-10-17(24)13-6-7-15-16(9-13)22-20(25)21-15/h3-9H,10H2,1-2H3,(H2,21,22,25). The minimum atomic E-state index is -0.273. The average Bonchev–Trinajstić information content (AvgIpc) is 2.99. The Morgan fingerprint density at radius 2 is 1.85 bits per heavy atom.